The van der Waals surface area contributed by atoms with Crippen molar-refractivity contribution in [3.05, 3.63) is 35.2 Å². The number of rotatable bonds is 6. The number of amidine groups is 1. The Hall–Kier alpha value is -1.80. The number of nitrogens with zero attached hydrogens (tertiary/aromatic N) is 3. The summed E-state index contributed by atoms with van der Waals surface area (Å²) in [6.45, 7) is 2.03. The fraction of sp³-hybridized carbons (Fsp3) is 0.308. The van der Waals surface area contributed by atoms with Crippen LogP contribution in [0.2, 0.25) is 0 Å². The summed E-state index contributed by atoms with van der Waals surface area (Å²) >= 11 is 2.98. The third-order valence-electron chi connectivity index (χ3n) is 2.80. The largest absolute Gasteiger partial charge is 0.496 e. The summed E-state index contributed by atoms with van der Waals surface area (Å²) in [5.74, 6) is 2.37. The summed E-state index contributed by atoms with van der Waals surface area (Å²) in [6, 6.07) is 5.41. The molecule has 6 nitrogen and oxygen atoms in total. The molecular weight excluding hydrogens is 308 g/mol. The second kappa shape index (κ2) is 7.28. The monoisotopic (exact) mass is 324 g/mol. The lowest BCUT2D eigenvalue weighted by Gasteiger charge is -2.09. The van der Waals surface area contributed by atoms with Crippen LogP contribution < -0.4 is 10.5 Å². The second-order valence-corrected chi connectivity index (χ2v) is 6.10. The highest BCUT2D eigenvalue weighted by molar-refractivity contribution is 8.00. The lowest BCUT2D eigenvalue weighted by Crippen LogP contribution is -2.13. The number of nitrogens with two attached hydrogens (primary N) is 1. The van der Waals surface area contributed by atoms with Gasteiger partial charge in [-0.25, -0.2) is 4.98 Å². The van der Waals surface area contributed by atoms with Crippen molar-refractivity contribution in [2.24, 2.45) is 10.9 Å². The molecule has 0 aliphatic heterocycles. The maximum absolute atomic E-state index is 8.75. The van der Waals surface area contributed by atoms with Gasteiger partial charge < -0.3 is 15.7 Å². The van der Waals surface area contributed by atoms with E-state index >= 15 is 0 Å². The predicted molar refractivity (Wildman–Crippen MR) is 84.4 cm³/mol. The molecule has 0 saturated carbocycles. The molecule has 0 spiro atoms. The fourth-order valence-electron chi connectivity index (χ4n) is 1.69. The molecule has 0 bridgehead atoms. The molecule has 2 aromatic rings. The molecule has 2 rings (SSSR count). The number of oxime groups is 1. The first-order chi connectivity index (χ1) is 10.2. The Morgan fingerprint density at radius 3 is 2.95 bits per heavy atom. The Labute approximate surface area is 131 Å². The van der Waals surface area contributed by atoms with Crippen molar-refractivity contribution in [2.75, 3.05) is 7.11 Å². The molecule has 0 atom stereocenters. The van der Waals surface area contributed by atoms with Crippen molar-refractivity contribution >= 4 is 29.1 Å². The standard InChI is InChI=1S/C13H16N4O2S2/c1-3-11-15-13(21-17-11)20-7-9-6-8(12(14)16-18)4-5-10(9)19-2/h4-6,18H,3,7H2,1-2H3,(H2,14,16). The van der Waals surface area contributed by atoms with Crippen LogP contribution in [-0.2, 0) is 12.2 Å². The summed E-state index contributed by atoms with van der Waals surface area (Å²) in [6.07, 6.45) is 0.833. The van der Waals surface area contributed by atoms with Gasteiger partial charge in [0.25, 0.3) is 0 Å². The summed E-state index contributed by atoms with van der Waals surface area (Å²) in [4.78, 5) is 4.41. The number of aromatic nitrogens is 2. The van der Waals surface area contributed by atoms with Gasteiger partial charge in [-0.15, -0.1) is 0 Å². The average Bonchev–Trinajstić information content (AvgIpc) is 2.99. The van der Waals surface area contributed by atoms with E-state index < -0.39 is 0 Å². The summed E-state index contributed by atoms with van der Waals surface area (Å²) in [7, 11) is 1.62. The lowest BCUT2D eigenvalue weighted by atomic mass is 10.1. The van der Waals surface area contributed by atoms with Crippen molar-refractivity contribution in [2.45, 2.75) is 23.4 Å². The molecule has 8 heteroatoms. The minimum atomic E-state index is 0.0769. The van der Waals surface area contributed by atoms with Gasteiger partial charge in [0.15, 0.2) is 10.2 Å². The number of benzene rings is 1. The van der Waals surface area contributed by atoms with Crippen LogP contribution in [0.25, 0.3) is 0 Å². The molecule has 1 heterocycles. The number of methoxy groups -OCH3 is 1. The van der Waals surface area contributed by atoms with Gasteiger partial charge in [0.1, 0.15) is 11.6 Å². The number of thioether (sulfide) groups is 1. The van der Waals surface area contributed by atoms with E-state index in [0.717, 1.165) is 27.9 Å². The lowest BCUT2D eigenvalue weighted by molar-refractivity contribution is 0.318. The van der Waals surface area contributed by atoms with Crippen LogP contribution in [0, 0.1) is 0 Å². The van der Waals surface area contributed by atoms with Gasteiger partial charge in [-0.1, -0.05) is 23.8 Å². The van der Waals surface area contributed by atoms with E-state index in [0.29, 0.717) is 11.3 Å². The van der Waals surface area contributed by atoms with Crippen molar-refractivity contribution in [1.29, 1.82) is 0 Å². The zero-order valence-electron chi connectivity index (χ0n) is 11.7. The van der Waals surface area contributed by atoms with Crippen LogP contribution in [-0.4, -0.2) is 27.5 Å². The Bertz CT molecular complexity index is 643. The van der Waals surface area contributed by atoms with Crippen LogP contribution in [0.1, 0.15) is 23.9 Å². The summed E-state index contributed by atoms with van der Waals surface area (Å²) < 4.78 is 10.5. The fourth-order valence-corrected chi connectivity index (χ4v) is 3.36. The predicted octanol–water partition coefficient (Wildman–Crippen LogP) is 2.50. The van der Waals surface area contributed by atoms with Gasteiger partial charge in [-0.3, -0.25) is 0 Å². The normalized spacial score (nSPS) is 11.6. The van der Waals surface area contributed by atoms with Gasteiger partial charge in [-0.05, 0) is 29.7 Å². The SMILES string of the molecule is CCc1nsc(SCc2cc(/C(N)=N/O)ccc2OC)n1. The zero-order valence-corrected chi connectivity index (χ0v) is 13.4. The molecule has 0 radical (unpaired) electrons. The molecule has 0 fully saturated rings. The summed E-state index contributed by atoms with van der Waals surface area (Å²) in [5.41, 5.74) is 7.23. The number of ether oxygens (including phenoxy) is 1. The van der Waals surface area contributed by atoms with Crippen molar-refractivity contribution < 1.29 is 9.94 Å². The number of hydrogen-bond donors (Lipinski definition) is 2. The molecule has 1 aromatic carbocycles. The maximum Gasteiger partial charge on any atom is 0.170 e. The maximum atomic E-state index is 8.75. The first-order valence-corrected chi connectivity index (χ1v) is 8.04. The highest BCUT2D eigenvalue weighted by Gasteiger charge is 2.10. The average molecular weight is 324 g/mol. The first kappa shape index (κ1) is 15.6. The Morgan fingerprint density at radius 2 is 2.33 bits per heavy atom. The number of aryl methyl sites for hydroxylation is 1. The highest BCUT2D eigenvalue weighted by Crippen LogP contribution is 2.29. The molecule has 0 amide bonds. The van der Waals surface area contributed by atoms with Gasteiger partial charge >= 0.3 is 0 Å². The highest BCUT2D eigenvalue weighted by atomic mass is 32.2. The van der Waals surface area contributed by atoms with E-state index in [9.17, 15) is 0 Å². The molecule has 0 aliphatic carbocycles. The van der Waals surface area contributed by atoms with Gasteiger partial charge in [0.05, 0.1) is 7.11 Å². The minimum Gasteiger partial charge on any atom is -0.496 e. The van der Waals surface area contributed by atoms with Gasteiger partial charge in [0.2, 0.25) is 0 Å². The van der Waals surface area contributed by atoms with Crippen molar-refractivity contribution in [3.8, 4) is 5.75 Å². The Balaban J connectivity index is 2.17. The molecule has 0 aliphatic rings. The van der Waals surface area contributed by atoms with Crippen LogP contribution in [0.4, 0.5) is 0 Å². The van der Waals surface area contributed by atoms with Crippen molar-refractivity contribution in [1.82, 2.24) is 9.36 Å². The molecule has 112 valence electrons. The van der Waals surface area contributed by atoms with E-state index in [-0.39, 0.29) is 5.84 Å². The Morgan fingerprint density at radius 1 is 1.52 bits per heavy atom. The first-order valence-electron chi connectivity index (χ1n) is 6.28. The minimum absolute atomic E-state index is 0.0769. The van der Waals surface area contributed by atoms with E-state index in [2.05, 4.69) is 14.5 Å². The molecule has 0 saturated heterocycles. The van der Waals surface area contributed by atoms with Crippen LogP contribution in [0.15, 0.2) is 27.7 Å². The second-order valence-electron chi connectivity index (χ2n) is 4.13. The van der Waals surface area contributed by atoms with Crippen LogP contribution in [0.5, 0.6) is 5.75 Å². The molecule has 21 heavy (non-hydrogen) atoms. The Kier molecular flexibility index (Phi) is 5.40. The van der Waals surface area contributed by atoms with E-state index in [4.69, 9.17) is 15.7 Å². The quantitative estimate of drug-likeness (QED) is 0.279. The molecular formula is C13H16N4O2S2. The third-order valence-corrected chi connectivity index (χ3v) is 4.72. The van der Waals surface area contributed by atoms with Crippen molar-refractivity contribution in [3.63, 3.8) is 0 Å². The summed E-state index contributed by atoms with van der Waals surface area (Å²) in [5, 5.41) is 11.8. The zero-order chi connectivity index (χ0) is 15.2. The molecule has 1 aromatic heterocycles. The van der Waals surface area contributed by atoms with Crippen LogP contribution in [0.3, 0.4) is 0 Å². The van der Waals surface area contributed by atoms with Crippen LogP contribution >= 0.6 is 23.3 Å². The van der Waals surface area contributed by atoms with E-state index in [1.807, 2.05) is 13.0 Å². The van der Waals surface area contributed by atoms with E-state index in [1.165, 1.54) is 11.5 Å². The van der Waals surface area contributed by atoms with Gasteiger partial charge in [0, 0.05) is 23.3 Å². The third kappa shape index (κ3) is 3.85. The van der Waals surface area contributed by atoms with E-state index in [1.54, 1.807) is 31.0 Å². The molecule has 0 unspecified atom stereocenters. The topological polar surface area (TPSA) is 93.6 Å². The van der Waals surface area contributed by atoms with Gasteiger partial charge in [-0.2, -0.15) is 4.37 Å². The smallest absolute Gasteiger partial charge is 0.170 e. The molecule has 3 N–H and O–H groups in total. The number of hydrogen-bond acceptors (Lipinski definition) is 7.